The Bertz CT molecular complexity index is 233. The van der Waals surface area contributed by atoms with Crippen LogP contribution in [0.5, 0.6) is 5.75 Å². The Balaban J connectivity index is 2.77. The van der Waals surface area contributed by atoms with Gasteiger partial charge < -0.3 is 4.74 Å². The molecular weight excluding hydrogens is 152 g/mol. The number of methoxy groups -OCH3 is 1. The standard InChI is InChI=1S/C9H14N2O/c1-7(11-10)8-3-5-9(12-2)6-4-8/h3-7,11H,10H2,1-2H3/t7-/m1/s1. The molecule has 0 amide bonds. The second-order valence-corrected chi connectivity index (χ2v) is 2.66. The van der Waals surface area contributed by atoms with Crippen molar-refractivity contribution in [2.24, 2.45) is 5.84 Å². The van der Waals surface area contributed by atoms with E-state index in [9.17, 15) is 0 Å². The highest BCUT2D eigenvalue weighted by atomic mass is 16.5. The number of benzene rings is 1. The maximum atomic E-state index is 5.29. The molecule has 0 aromatic heterocycles. The third kappa shape index (κ3) is 1.96. The lowest BCUT2D eigenvalue weighted by molar-refractivity contribution is 0.414. The molecule has 1 aromatic carbocycles. The van der Waals surface area contributed by atoms with E-state index in [1.54, 1.807) is 7.11 Å². The van der Waals surface area contributed by atoms with Gasteiger partial charge in [0.05, 0.1) is 7.11 Å². The molecule has 0 saturated carbocycles. The van der Waals surface area contributed by atoms with Crippen LogP contribution in [-0.4, -0.2) is 7.11 Å². The summed E-state index contributed by atoms with van der Waals surface area (Å²) < 4.78 is 5.03. The first-order valence-corrected chi connectivity index (χ1v) is 3.88. The molecule has 0 bridgehead atoms. The number of rotatable bonds is 3. The van der Waals surface area contributed by atoms with Crippen molar-refractivity contribution in [3.8, 4) is 5.75 Å². The van der Waals surface area contributed by atoms with E-state index in [4.69, 9.17) is 10.6 Å². The average molecular weight is 166 g/mol. The summed E-state index contributed by atoms with van der Waals surface area (Å²) in [5.74, 6) is 6.16. The van der Waals surface area contributed by atoms with Gasteiger partial charge in [0, 0.05) is 6.04 Å². The maximum absolute atomic E-state index is 5.29. The van der Waals surface area contributed by atoms with Crippen molar-refractivity contribution in [1.82, 2.24) is 5.43 Å². The minimum atomic E-state index is 0.177. The first kappa shape index (κ1) is 9.03. The van der Waals surface area contributed by atoms with Gasteiger partial charge in [0.1, 0.15) is 5.75 Å². The number of hydrazine groups is 1. The van der Waals surface area contributed by atoms with Gasteiger partial charge in [-0.1, -0.05) is 12.1 Å². The molecule has 0 aliphatic carbocycles. The zero-order valence-electron chi connectivity index (χ0n) is 7.37. The Labute approximate surface area is 72.5 Å². The lowest BCUT2D eigenvalue weighted by atomic mass is 10.1. The molecule has 1 aromatic rings. The monoisotopic (exact) mass is 166 g/mol. The normalized spacial score (nSPS) is 12.6. The quantitative estimate of drug-likeness (QED) is 0.524. The Kier molecular flexibility index (Phi) is 3.08. The molecule has 0 saturated heterocycles. The van der Waals surface area contributed by atoms with Crippen molar-refractivity contribution in [3.63, 3.8) is 0 Å². The second-order valence-electron chi connectivity index (χ2n) is 2.66. The van der Waals surface area contributed by atoms with E-state index in [0.717, 1.165) is 11.3 Å². The predicted molar refractivity (Wildman–Crippen MR) is 48.7 cm³/mol. The summed E-state index contributed by atoms with van der Waals surface area (Å²) in [7, 11) is 1.65. The molecule has 0 aliphatic rings. The van der Waals surface area contributed by atoms with Crippen LogP contribution in [0, 0.1) is 0 Å². The molecule has 3 nitrogen and oxygen atoms in total. The molecule has 1 atom stereocenters. The van der Waals surface area contributed by atoms with Gasteiger partial charge in [0.2, 0.25) is 0 Å². The summed E-state index contributed by atoms with van der Waals surface area (Å²) in [6.07, 6.45) is 0. The molecule has 0 radical (unpaired) electrons. The summed E-state index contributed by atoms with van der Waals surface area (Å²) in [5, 5.41) is 0. The van der Waals surface area contributed by atoms with Gasteiger partial charge in [0.15, 0.2) is 0 Å². The summed E-state index contributed by atoms with van der Waals surface area (Å²) in [5.41, 5.74) is 3.83. The van der Waals surface area contributed by atoms with Gasteiger partial charge in [-0.3, -0.25) is 11.3 Å². The van der Waals surface area contributed by atoms with Crippen LogP contribution in [0.15, 0.2) is 24.3 Å². The average Bonchev–Trinajstić information content (AvgIpc) is 2.17. The molecule has 3 N–H and O–H groups in total. The Morgan fingerprint density at radius 3 is 2.33 bits per heavy atom. The maximum Gasteiger partial charge on any atom is 0.118 e. The lowest BCUT2D eigenvalue weighted by Crippen LogP contribution is -2.25. The second kappa shape index (κ2) is 4.09. The summed E-state index contributed by atoms with van der Waals surface area (Å²) >= 11 is 0. The number of nitrogens with one attached hydrogen (secondary N) is 1. The topological polar surface area (TPSA) is 47.3 Å². The van der Waals surface area contributed by atoms with E-state index >= 15 is 0 Å². The zero-order valence-corrected chi connectivity index (χ0v) is 7.37. The van der Waals surface area contributed by atoms with Gasteiger partial charge in [0.25, 0.3) is 0 Å². The van der Waals surface area contributed by atoms with E-state index in [1.165, 1.54) is 0 Å². The molecule has 0 fully saturated rings. The van der Waals surface area contributed by atoms with Crippen LogP contribution in [0.4, 0.5) is 0 Å². The van der Waals surface area contributed by atoms with Crippen LogP contribution in [0.1, 0.15) is 18.5 Å². The first-order chi connectivity index (χ1) is 5.77. The van der Waals surface area contributed by atoms with Crippen molar-refractivity contribution in [2.75, 3.05) is 7.11 Å². The molecule has 0 unspecified atom stereocenters. The fourth-order valence-corrected chi connectivity index (χ4v) is 0.989. The molecule has 0 aliphatic heterocycles. The summed E-state index contributed by atoms with van der Waals surface area (Å²) in [6, 6.07) is 8.00. The Morgan fingerprint density at radius 1 is 1.33 bits per heavy atom. The van der Waals surface area contributed by atoms with Crippen molar-refractivity contribution < 1.29 is 4.74 Å². The third-order valence-corrected chi connectivity index (χ3v) is 1.87. The largest absolute Gasteiger partial charge is 0.497 e. The SMILES string of the molecule is COc1ccc([C@@H](C)NN)cc1. The van der Waals surface area contributed by atoms with E-state index in [1.807, 2.05) is 31.2 Å². The van der Waals surface area contributed by atoms with Gasteiger partial charge >= 0.3 is 0 Å². The highest BCUT2D eigenvalue weighted by molar-refractivity contribution is 5.28. The number of hydrogen-bond acceptors (Lipinski definition) is 3. The lowest BCUT2D eigenvalue weighted by Gasteiger charge is -2.10. The summed E-state index contributed by atoms with van der Waals surface area (Å²) in [4.78, 5) is 0. The zero-order chi connectivity index (χ0) is 8.97. The van der Waals surface area contributed by atoms with Crippen LogP contribution in [0.3, 0.4) is 0 Å². The number of ether oxygens (including phenoxy) is 1. The van der Waals surface area contributed by atoms with Gasteiger partial charge in [-0.15, -0.1) is 0 Å². The number of nitrogens with two attached hydrogens (primary N) is 1. The fraction of sp³-hybridized carbons (Fsp3) is 0.333. The predicted octanol–water partition coefficient (Wildman–Crippen LogP) is 1.22. The molecule has 66 valence electrons. The van der Waals surface area contributed by atoms with E-state index in [0.29, 0.717) is 0 Å². The first-order valence-electron chi connectivity index (χ1n) is 3.88. The van der Waals surface area contributed by atoms with Crippen LogP contribution in [-0.2, 0) is 0 Å². The fourth-order valence-electron chi connectivity index (χ4n) is 0.989. The highest BCUT2D eigenvalue weighted by Crippen LogP contribution is 2.16. The Hall–Kier alpha value is -1.06. The molecule has 3 heteroatoms. The van der Waals surface area contributed by atoms with Crippen LogP contribution < -0.4 is 16.0 Å². The molecular formula is C9H14N2O. The molecule has 0 heterocycles. The molecule has 0 spiro atoms. The van der Waals surface area contributed by atoms with Gasteiger partial charge in [-0.25, -0.2) is 0 Å². The van der Waals surface area contributed by atoms with Crippen molar-refractivity contribution in [2.45, 2.75) is 13.0 Å². The number of hydrogen-bond donors (Lipinski definition) is 2. The van der Waals surface area contributed by atoms with Crippen molar-refractivity contribution >= 4 is 0 Å². The van der Waals surface area contributed by atoms with E-state index < -0.39 is 0 Å². The molecule has 12 heavy (non-hydrogen) atoms. The summed E-state index contributed by atoms with van der Waals surface area (Å²) in [6.45, 7) is 2.00. The van der Waals surface area contributed by atoms with Crippen molar-refractivity contribution in [3.05, 3.63) is 29.8 Å². The smallest absolute Gasteiger partial charge is 0.118 e. The Morgan fingerprint density at radius 2 is 1.92 bits per heavy atom. The molecule has 1 rings (SSSR count). The minimum Gasteiger partial charge on any atom is -0.497 e. The van der Waals surface area contributed by atoms with Gasteiger partial charge in [-0.05, 0) is 24.6 Å². The van der Waals surface area contributed by atoms with Crippen LogP contribution in [0.25, 0.3) is 0 Å². The van der Waals surface area contributed by atoms with E-state index in [2.05, 4.69) is 5.43 Å². The van der Waals surface area contributed by atoms with Gasteiger partial charge in [-0.2, -0.15) is 0 Å². The van der Waals surface area contributed by atoms with Crippen molar-refractivity contribution in [1.29, 1.82) is 0 Å². The van der Waals surface area contributed by atoms with E-state index in [-0.39, 0.29) is 6.04 Å². The third-order valence-electron chi connectivity index (χ3n) is 1.87. The van der Waals surface area contributed by atoms with Crippen LogP contribution >= 0.6 is 0 Å². The highest BCUT2D eigenvalue weighted by Gasteiger charge is 2.01. The minimum absolute atomic E-state index is 0.177. The van der Waals surface area contributed by atoms with Crippen LogP contribution in [0.2, 0.25) is 0 Å².